The maximum absolute atomic E-state index is 6.11. The lowest BCUT2D eigenvalue weighted by Crippen LogP contribution is -2.33. The Morgan fingerprint density at radius 1 is 1.28 bits per heavy atom. The molecule has 0 bridgehead atoms. The number of benzene rings is 1. The fraction of sp³-hybridized carbons (Fsp3) is 0.600. The first kappa shape index (κ1) is 15.3. The zero-order valence-electron chi connectivity index (χ0n) is 12.0. The molecule has 102 valence electrons. The Balaban J connectivity index is 3.04. The monoisotopic (exact) mass is 268 g/mol. The van der Waals surface area contributed by atoms with E-state index in [1.165, 1.54) is 11.3 Å². The first-order chi connectivity index (χ1) is 8.63. The molecule has 0 radical (unpaired) electrons. The van der Waals surface area contributed by atoms with E-state index in [1.54, 1.807) is 0 Å². The van der Waals surface area contributed by atoms with E-state index in [0.717, 1.165) is 31.1 Å². The molecule has 1 aromatic carbocycles. The first-order valence-corrected chi connectivity index (χ1v) is 7.27. The summed E-state index contributed by atoms with van der Waals surface area (Å²) in [7, 11) is 0. The minimum atomic E-state index is 0.552. The van der Waals surface area contributed by atoms with Gasteiger partial charge in [-0.3, -0.25) is 0 Å². The average Bonchev–Trinajstić information content (AvgIpc) is 2.38. The van der Waals surface area contributed by atoms with Gasteiger partial charge < -0.3 is 10.2 Å². The Kier molecular flexibility index (Phi) is 6.51. The fourth-order valence-electron chi connectivity index (χ4n) is 2.18. The van der Waals surface area contributed by atoms with Crippen molar-refractivity contribution in [3.05, 3.63) is 28.8 Å². The van der Waals surface area contributed by atoms with Gasteiger partial charge in [-0.2, -0.15) is 0 Å². The highest BCUT2D eigenvalue weighted by atomic mass is 35.5. The Labute approximate surface area is 116 Å². The van der Waals surface area contributed by atoms with Gasteiger partial charge in [-0.05, 0) is 50.6 Å². The van der Waals surface area contributed by atoms with Crippen molar-refractivity contribution in [1.29, 1.82) is 0 Å². The molecule has 2 nitrogen and oxygen atoms in total. The highest BCUT2D eigenvalue weighted by molar-refractivity contribution is 6.30. The average molecular weight is 269 g/mol. The first-order valence-electron chi connectivity index (χ1n) is 6.89. The molecule has 18 heavy (non-hydrogen) atoms. The highest BCUT2D eigenvalue weighted by Gasteiger charge is 2.14. The molecule has 1 atom stereocenters. The van der Waals surface area contributed by atoms with Gasteiger partial charge in [-0.25, -0.2) is 0 Å². The van der Waals surface area contributed by atoms with Crippen LogP contribution in [0.3, 0.4) is 0 Å². The van der Waals surface area contributed by atoms with Crippen LogP contribution in [0.4, 0.5) is 5.69 Å². The van der Waals surface area contributed by atoms with Crippen LogP contribution in [0.25, 0.3) is 0 Å². The smallest absolute Gasteiger partial charge is 0.0415 e. The second-order valence-electron chi connectivity index (χ2n) is 4.60. The van der Waals surface area contributed by atoms with Gasteiger partial charge in [-0.1, -0.05) is 25.4 Å². The zero-order valence-corrected chi connectivity index (χ0v) is 12.7. The second-order valence-corrected chi connectivity index (χ2v) is 5.03. The van der Waals surface area contributed by atoms with Crippen molar-refractivity contribution in [1.82, 2.24) is 5.32 Å². The van der Waals surface area contributed by atoms with Crippen LogP contribution in [-0.4, -0.2) is 19.1 Å². The third-order valence-corrected chi connectivity index (χ3v) is 3.62. The van der Waals surface area contributed by atoms with Crippen molar-refractivity contribution in [2.24, 2.45) is 0 Å². The molecule has 3 heteroatoms. The summed E-state index contributed by atoms with van der Waals surface area (Å²) in [5.74, 6) is 0. The summed E-state index contributed by atoms with van der Waals surface area (Å²) in [6.07, 6.45) is 1.15. The molecule has 0 aliphatic heterocycles. The van der Waals surface area contributed by atoms with E-state index in [4.69, 9.17) is 11.6 Å². The van der Waals surface area contributed by atoms with Crippen molar-refractivity contribution in [2.45, 2.75) is 46.7 Å². The maximum atomic E-state index is 6.11. The van der Waals surface area contributed by atoms with E-state index in [0.29, 0.717) is 6.04 Å². The third-order valence-electron chi connectivity index (χ3n) is 3.38. The standard InChI is InChI=1S/C15H25ClN2/c1-5-12(4)18(7-3)15-9-8-14(16)10-13(15)11-17-6-2/h8-10,12,17H,5-7,11H2,1-4H3. The summed E-state index contributed by atoms with van der Waals surface area (Å²) in [5, 5.41) is 4.19. The topological polar surface area (TPSA) is 15.3 Å². The van der Waals surface area contributed by atoms with Crippen molar-refractivity contribution in [2.75, 3.05) is 18.0 Å². The predicted octanol–water partition coefficient (Wildman–Crippen LogP) is 4.07. The zero-order chi connectivity index (χ0) is 13.5. The molecule has 1 rings (SSSR count). The van der Waals surface area contributed by atoms with Crippen LogP contribution < -0.4 is 10.2 Å². The Bertz CT molecular complexity index is 366. The molecular weight excluding hydrogens is 244 g/mol. The highest BCUT2D eigenvalue weighted by Crippen LogP contribution is 2.26. The van der Waals surface area contributed by atoms with Gasteiger partial charge in [0.1, 0.15) is 0 Å². The molecule has 0 aliphatic carbocycles. The molecule has 1 N–H and O–H groups in total. The van der Waals surface area contributed by atoms with Crippen molar-refractivity contribution < 1.29 is 0 Å². The van der Waals surface area contributed by atoms with Gasteiger partial charge in [-0.15, -0.1) is 0 Å². The molecule has 0 aromatic heterocycles. The van der Waals surface area contributed by atoms with Crippen LogP contribution in [-0.2, 0) is 6.54 Å². The quantitative estimate of drug-likeness (QED) is 0.802. The summed E-state index contributed by atoms with van der Waals surface area (Å²) < 4.78 is 0. The van der Waals surface area contributed by atoms with Crippen LogP contribution in [0.1, 0.15) is 39.7 Å². The number of anilines is 1. The molecule has 1 unspecified atom stereocenters. The maximum Gasteiger partial charge on any atom is 0.0415 e. The van der Waals surface area contributed by atoms with Gasteiger partial charge in [0.05, 0.1) is 0 Å². The molecule has 0 amide bonds. The minimum absolute atomic E-state index is 0.552. The number of rotatable bonds is 7. The summed E-state index contributed by atoms with van der Waals surface area (Å²) in [4.78, 5) is 2.45. The van der Waals surface area contributed by atoms with Crippen LogP contribution in [0, 0.1) is 0 Å². The van der Waals surface area contributed by atoms with E-state index in [9.17, 15) is 0 Å². The van der Waals surface area contributed by atoms with E-state index < -0.39 is 0 Å². The van der Waals surface area contributed by atoms with Crippen LogP contribution in [0.5, 0.6) is 0 Å². The Morgan fingerprint density at radius 2 is 2.00 bits per heavy atom. The summed E-state index contributed by atoms with van der Waals surface area (Å²) in [6.45, 7) is 11.7. The number of hydrogen-bond acceptors (Lipinski definition) is 2. The van der Waals surface area contributed by atoms with E-state index >= 15 is 0 Å². The van der Waals surface area contributed by atoms with Crippen LogP contribution >= 0.6 is 11.6 Å². The summed E-state index contributed by atoms with van der Waals surface area (Å²) in [6, 6.07) is 6.75. The minimum Gasteiger partial charge on any atom is -0.369 e. The summed E-state index contributed by atoms with van der Waals surface area (Å²) >= 11 is 6.11. The lowest BCUT2D eigenvalue weighted by Gasteiger charge is -2.31. The third kappa shape index (κ3) is 3.89. The fourth-order valence-corrected chi connectivity index (χ4v) is 2.37. The van der Waals surface area contributed by atoms with Gasteiger partial charge in [0, 0.05) is 29.8 Å². The number of nitrogens with zero attached hydrogens (tertiary/aromatic N) is 1. The van der Waals surface area contributed by atoms with E-state index in [1.807, 2.05) is 6.07 Å². The van der Waals surface area contributed by atoms with Gasteiger partial charge in [0.25, 0.3) is 0 Å². The molecule has 0 saturated carbocycles. The number of nitrogens with one attached hydrogen (secondary N) is 1. The lowest BCUT2D eigenvalue weighted by atomic mass is 10.1. The molecule has 0 fully saturated rings. The second kappa shape index (κ2) is 7.65. The summed E-state index contributed by atoms with van der Waals surface area (Å²) in [5.41, 5.74) is 2.59. The van der Waals surface area contributed by atoms with E-state index in [-0.39, 0.29) is 0 Å². The molecule has 0 saturated heterocycles. The van der Waals surface area contributed by atoms with Gasteiger partial charge in [0.15, 0.2) is 0 Å². The largest absolute Gasteiger partial charge is 0.369 e. The Morgan fingerprint density at radius 3 is 2.56 bits per heavy atom. The predicted molar refractivity (Wildman–Crippen MR) is 81.6 cm³/mol. The lowest BCUT2D eigenvalue weighted by molar-refractivity contribution is 0.623. The molecule has 0 aliphatic rings. The molecule has 0 spiro atoms. The number of hydrogen-bond donors (Lipinski definition) is 1. The SMILES string of the molecule is CCNCc1cc(Cl)ccc1N(CC)C(C)CC. The molecule has 1 aromatic rings. The number of halogens is 1. The molecular formula is C15H25ClN2. The van der Waals surface area contributed by atoms with Crippen LogP contribution in [0.2, 0.25) is 5.02 Å². The molecule has 0 heterocycles. The van der Waals surface area contributed by atoms with Crippen LogP contribution in [0.15, 0.2) is 18.2 Å². The van der Waals surface area contributed by atoms with Gasteiger partial charge in [0.2, 0.25) is 0 Å². The van der Waals surface area contributed by atoms with Crippen molar-refractivity contribution >= 4 is 17.3 Å². The van der Waals surface area contributed by atoms with Crippen molar-refractivity contribution in [3.8, 4) is 0 Å². The Hall–Kier alpha value is -0.730. The van der Waals surface area contributed by atoms with E-state index in [2.05, 4.69) is 50.0 Å². The van der Waals surface area contributed by atoms with Gasteiger partial charge >= 0.3 is 0 Å². The van der Waals surface area contributed by atoms with Crippen molar-refractivity contribution in [3.63, 3.8) is 0 Å². The normalized spacial score (nSPS) is 12.5.